The summed E-state index contributed by atoms with van der Waals surface area (Å²) in [6.07, 6.45) is 3.56. The van der Waals surface area contributed by atoms with Crippen molar-refractivity contribution in [2.45, 2.75) is 0 Å². The summed E-state index contributed by atoms with van der Waals surface area (Å²) in [5.74, 6) is 1.02. The zero-order chi connectivity index (χ0) is 16.0. The Morgan fingerprint density at radius 2 is 2.04 bits per heavy atom. The number of aromatic amines is 2. The van der Waals surface area contributed by atoms with E-state index in [-0.39, 0.29) is 0 Å². The lowest BCUT2D eigenvalue weighted by Crippen LogP contribution is -1.93. The highest BCUT2D eigenvalue weighted by atomic mass is 35.5. The maximum atomic E-state index is 6.22. The van der Waals surface area contributed by atoms with Gasteiger partial charge in [-0.15, -0.1) is 0 Å². The van der Waals surface area contributed by atoms with Crippen LogP contribution in [-0.4, -0.2) is 34.2 Å². The predicted molar refractivity (Wildman–Crippen MR) is 89.3 cm³/mol. The van der Waals surface area contributed by atoms with Gasteiger partial charge >= 0.3 is 0 Å². The Morgan fingerprint density at radius 3 is 2.78 bits per heavy atom. The van der Waals surface area contributed by atoms with Crippen molar-refractivity contribution in [3.8, 4) is 22.9 Å². The summed E-state index contributed by atoms with van der Waals surface area (Å²) in [6, 6.07) is 5.59. The number of pyridine rings is 2. The van der Waals surface area contributed by atoms with Crippen molar-refractivity contribution in [1.82, 2.24) is 19.9 Å². The SMILES string of the molecule is COc1cc2[nH]cc(-c3cc4c(Cl)ccnc4[nH]3)c2nc1OC. The Balaban J connectivity index is 1.95. The van der Waals surface area contributed by atoms with Crippen LogP contribution in [-0.2, 0) is 0 Å². The van der Waals surface area contributed by atoms with E-state index in [1.54, 1.807) is 26.5 Å². The van der Waals surface area contributed by atoms with Gasteiger partial charge in [-0.3, -0.25) is 0 Å². The molecule has 0 aliphatic carbocycles. The lowest BCUT2D eigenvalue weighted by molar-refractivity contribution is 0.344. The normalized spacial score (nSPS) is 11.3. The first-order chi connectivity index (χ1) is 11.2. The van der Waals surface area contributed by atoms with Crippen molar-refractivity contribution < 1.29 is 9.47 Å². The number of rotatable bonds is 3. The Hall–Kier alpha value is -2.73. The monoisotopic (exact) mass is 328 g/mol. The number of ether oxygens (including phenoxy) is 2. The number of nitrogens with one attached hydrogen (secondary N) is 2. The van der Waals surface area contributed by atoms with Crippen molar-refractivity contribution >= 4 is 33.7 Å². The van der Waals surface area contributed by atoms with Crippen LogP contribution >= 0.6 is 11.6 Å². The summed E-state index contributed by atoms with van der Waals surface area (Å²) in [4.78, 5) is 15.3. The Morgan fingerprint density at radius 1 is 1.17 bits per heavy atom. The predicted octanol–water partition coefficient (Wildman–Crippen LogP) is 3.78. The fourth-order valence-corrected chi connectivity index (χ4v) is 2.85. The summed E-state index contributed by atoms with van der Waals surface area (Å²) in [5, 5.41) is 1.53. The minimum Gasteiger partial charge on any atom is -0.491 e. The van der Waals surface area contributed by atoms with Gasteiger partial charge in [0, 0.05) is 29.4 Å². The van der Waals surface area contributed by atoms with E-state index in [2.05, 4.69) is 19.9 Å². The van der Waals surface area contributed by atoms with E-state index < -0.39 is 0 Å². The van der Waals surface area contributed by atoms with Crippen molar-refractivity contribution in [3.63, 3.8) is 0 Å². The van der Waals surface area contributed by atoms with Gasteiger partial charge in [0.25, 0.3) is 5.88 Å². The summed E-state index contributed by atoms with van der Waals surface area (Å²) < 4.78 is 10.6. The number of nitrogens with zero attached hydrogens (tertiary/aromatic N) is 2. The first-order valence-corrected chi connectivity index (χ1v) is 7.32. The second-order valence-corrected chi connectivity index (χ2v) is 5.44. The molecule has 2 N–H and O–H groups in total. The van der Waals surface area contributed by atoms with Crippen LogP contribution in [0.5, 0.6) is 11.6 Å². The van der Waals surface area contributed by atoms with E-state index in [0.29, 0.717) is 16.7 Å². The average Bonchev–Trinajstić information content (AvgIpc) is 3.17. The van der Waals surface area contributed by atoms with E-state index in [1.807, 2.05) is 18.3 Å². The molecule has 0 amide bonds. The maximum absolute atomic E-state index is 6.22. The van der Waals surface area contributed by atoms with Gasteiger partial charge in [-0.2, -0.15) is 0 Å². The van der Waals surface area contributed by atoms with Crippen LogP contribution in [0.1, 0.15) is 0 Å². The minimum atomic E-state index is 0.438. The fourth-order valence-electron chi connectivity index (χ4n) is 2.65. The topological polar surface area (TPSA) is 75.8 Å². The quantitative estimate of drug-likeness (QED) is 0.600. The van der Waals surface area contributed by atoms with Crippen LogP contribution < -0.4 is 9.47 Å². The van der Waals surface area contributed by atoms with Crippen LogP contribution in [0.25, 0.3) is 33.3 Å². The molecular weight excluding hydrogens is 316 g/mol. The molecule has 7 heteroatoms. The third-order valence-electron chi connectivity index (χ3n) is 3.76. The van der Waals surface area contributed by atoms with Gasteiger partial charge in [-0.05, 0) is 12.1 Å². The van der Waals surface area contributed by atoms with Crippen LogP contribution in [0, 0.1) is 0 Å². The van der Waals surface area contributed by atoms with Crippen molar-refractivity contribution in [2.24, 2.45) is 0 Å². The molecule has 0 aliphatic heterocycles. The molecule has 116 valence electrons. The average molecular weight is 329 g/mol. The van der Waals surface area contributed by atoms with E-state index in [9.17, 15) is 0 Å². The summed E-state index contributed by atoms with van der Waals surface area (Å²) in [6.45, 7) is 0. The van der Waals surface area contributed by atoms with E-state index in [1.165, 1.54) is 0 Å². The number of methoxy groups -OCH3 is 2. The molecule has 4 rings (SSSR count). The number of halogens is 1. The van der Waals surface area contributed by atoms with Gasteiger partial charge in [0.15, 0.2) is 5.75 Å². The molecule has 0 atom stereocenters. The molecule has 0 fully saturated rings. The van der Waals surface area contributed by atoms with Crippen LogP contribution in [0.2, 0.25) is 5.02 Å². The third-order valence-corrected chi connectivity index (χ3v) is 4.09. The highest BCUT2D eigenvalue weighted by Gasteiger charge is 2.15. The third kappa shape index (κ3) is 2.10. The molecule has 0 saturated heterocycles. The Kier molecular flexibility index (Phi) is 3.12. The number of fused-ring (bicyclic) bond motifs is 2. The van der Waals surface area contributed by atoms with Gasteiger partial charge in [0.1, 0.15) is 11.2 Å². The van der Waals surface area contributed by atoms with E-state index in [4.69, 9.17) is 21.1 Å². The summed E-state index contributed by atoms with van der Waals surface area (Å²) in [5.41, 5.74) is 4.17. The molecule has 0 aromatic carbocycles. The zero-order valence-corrected chi connectivity index (χ0v) is 13.2. The number of H-pyrrole nitrogens is 2. The standard InChI is InChI=1S/C16H13ClN4O2/c1-22-13-6-12-14(21-16(13)23-2)9(7-19-12)11-5-8-10(17)3-4-18-15(8)20-11/h3-7,19H,1-2H3,(H,18,20). The van der Waals surface area contributed by atoms with Crippen LogP contribution in [0.15, 0.2) is 30.6 Å². The molecule has 0 radical (unpaired) electrons. The lowest BCUT2D eigenvalue weighted by Gasteiger charge is -2.06. The molecule has 4 aromatic rings. The molecule has 0 aliphatic rings. The Bertz CT molecular complexity index is 1020. The van der Waals surface area contributed by atoms with Crippen LogP contribution in [0.4, 0.5) is 0 Å². The Labute approximate surface area is 136 Å². The zero-order valence-electron chi connectivity index (χ0n) is 12.5. The van der Waals surface area contributed by atoms with Crippen LogP contribution in [0.3, 0.4) is 0 Å². The lowest BCUT2D eigenvalue weighted by atomic mass is 10.2. The van der Waals surface area contributed by atoms with Gasteiger partial charge in [-0.25, -0.2) is 9.97 Å². The fraction of sp³-hybridized carbons (Fsp3) is 0.125. The number of aromatic nitrogens is 4. The van der Waals surface area contributed by atoms with Crippen molar-refractivity contribution in [1.29, 1.82) is 0 Å². The van der Waals surface area contributed by atoms with Gasteiger partial charge in [0.2, 0.25) is 0 Å². The smallest absolute Gasteiger partial charge is 0.257 e. The summed E-state index contributed by atoms with van der Waals surface area (Å²) >= 11 is 6.22. The summed E-state index contributed by atoms with van der Waals surface area (Å²) in [7, 11) is 3.15. The van der Waals surface area contributed by atoms with Crippen molar-refractivity contribution in [3.05, 3.63) is 35.6 Å². The molecule has 23 heavy (non-hydrogen) atoms. The van der Waals surface area contributed by atoms with E-state index >= 15 is 0 Å². The number of hydrogen-bond acceptors (Lipinski definition) is 4. The molecule has 0 bridgehead atoms. The molecule has 4 heterocycles. The first kappa shape index (κ1) is 13.9. The minimum absolute atomic E-state index is 0.438. The second-order valence-electron chi connectivity index (χ2n) is 5.04. The molecule has 0 saturated carbocycles. The highest BCUT2D eigenvalue weighted by molar-refractivity contribution is 6.35. The maximum Gasteiger partial charge on any atom is 0.257 e. The van der Waals surface area contributed by atoms with Gasteiger partial charge < -0.3 is 19.4 Å². The highest BCUT2D eigenvalue weighted by Crippen LogP contribution is 2.35. The molecule has 0 unspecified atom stereocenters. The number of hydrogen-bond donors (Lipinski definition) is 2. The van der Waals surface area contributed by atoms with Gasteiger partial charge in [-0.1, -0.05) is 11.6 Å². The first-order valence-electron chi connectivity index (χ1n) is 6.95. The second kappa shape index (κ2) is 5.17. The molecular formula is C16H13ClN4O2. The van der Waals surface area contributed by atoms with Crippen molar-refractivity contribution in [2.75, 3.05) is 14.2 Å². The molecule has 0 spiro atoms. The largest absolute Gasteiger partial charge is 0.491 e. The van der Waals surface area contributed by atoms with Gasteiger partial charge in [0.05, 0.1) is 30.5 Å². The molecule has 4 aromatic heterocycles. The van der Waals surface area contributed by atoms with E-state index in [0.717, 1.165) is 33.3 Å². The molecule has 6 nitrogen and oxygen atoms in total.